The Balaban J connectivity index is 0.00000392. The number of aliphatic imine (C=N–C) groups is 1. The van der Waals surface area contributed by atoms with Crippen LogP contribution in [0, 0.1) is 0 Å². The van der Waals surface area contributed by atoms with Crippen molar-refractivity contribution in [1.82, 2.24) is 0 Å². The van der Waals surface area contributed by atoms with Gasteiger partial charge in [0.1, 0.15) is 5.75 Å². The van der Waals surface area contributed by atoms with Crippen LogP contribution >= 0.6 is 24.0 Å². The van der Waals surface area contributed by atoms with Crippen LogP contribution in [-0.2, 0) is 11.3 Å². The number of benzene rings is 2. The second kappa shape index (κ2) is 10.6. The van der Waals surface area contributed by atoms with Crippen molar-refractivity contribution in [3.63, 3.8) is 0 Å². The van der Waals surface area contributed by atoms with Gasteiger partial charge >= 0.3 is 12.5 Å². The first-order valence-electron chi connectivity index (χ1n) is 7.62. The number of alkyl halides is 3. The van der Waals surface area contributed by atoms with Gasteiger partial charge in [0.25, 0.3) is 0 Å². The Kier molecular flexibility index (Phi) is 8.82. The van der Waals surface area contributed by atoms with Gasteiger partial charge in [0.2, 0.25) is 0 Å². The number of ether oxygens (including phenoxy) is 2. The van der Waals surface area contributed by atoms with Crippen LogP contribution in [0.5, 0.6) is 5.75 Å². The normalized spacial score (nSPS) is 11.2. The van der Waals surface area contributed by atoms with Gasteiger partial charge in [-0.3, -0.25) is 5.32 Å². The third-order valence-corrected chi connectivity index (χ3v) is 3.18. The maximum Gasteiger partial charge on any atom is 0.573 e. The van der Waals surface area contributed by atoms with Crippen LogP contribution in [0.4, 0.5) is 29.3 Å². The fourth-order valence-electron chi connectivity index (χ4n) is 1.97. The minimum atomic E-state index is -4.74. The molecule has 0 aliphatic carbocycles. The van der Waals surface area contributed by atoms with Gasteiger partial charge in [-0.1, -0.05) is 12.1 Å². The average Bonchev–Trinajstić information content (AvgIpc) is 2.61. The maximum atomic E-state index is 12.1. The zero-order valence-electron chi connectivity index (χ0n) is 14.6. The molecule has 0 aliphatic heterocycles. The van der Waals surface area contributed by atoms with Crippen molar-refractivity contribution in [2.45, 2.75) is 12.9 Å². The molecule has 0 unspecified atom stereocenters. The summed E-state index contributed by atoms with van der Waals surface area (Å²) in [5.74, 6) is -0.236. The molecule has 2 rings (SSSR count). The summed E-state index contributed by atoms with van der Waals surface area (Å²) in [6, 6.07) is 12.0. The number of nitrogens with two attached hydrogens (primary N) is 1. The minimum absolute atomic E-state index is 0. The Morgan fingerprint density at radius 1 is 1.04 bits per heavy atom. The number of anilines is 2. The molecule has 0 fully saturated rings. The van der Waals surface area contributed by atoms with E-state index in [0.717, 1.165) is 17.7 Å². The standard InChI is InChI=1S/C17H17F3N4O3.HI/c1-26-16(25)24-13-4-2-11(3-5-13)10-22-15(21)23-12-6-8-14(9-7-12)27-17(18,19)20;/h2-9H,10H2,1H3,(H,24,25)(H3,21,22,23);1H. The first-order chi connectivity index (χ1) is 12.7. The van der Waals surface area contributed by atoms with Crippen LogP contribution < -0.4 is 21.1 Å². The predicted octanol–water partition coefficient (Wildman–Crippen LogP) is 4.31. The van der Waals surface area contributed by atoms with Gasteiger partial charge in [-0.25, -0.2) is 9.79 Å². The van der Waals surface area contributed by atoms with E-state index in [9.17, 15) is 18.0 Å². The molecule has 0 saturated heterocycles. The van der Waals surface area contributed by atoms with Crippen LogP contribution in [0.15, 0.2) is 53.5 Å². The molecule has 0 aromatic heterocycles. The highest BCUT2D eigenvalue weighted by Crippen LogP contribution is 2.23. The molecule has 4 N–H and O–H groups in total. The van der Waals surface area contributed by atoms with Gasteiger partial charge in [-0.05, 0) is 42.0 Å². The summed E-state index contributed by atoms with van der Waals surface area (Å²) >= 11 is 0. The second-order valence-electron chi connectivity index (χ2n) is 5.21. The first kappa shape index (κ1) is 23.3. The molecule has 0 radical (unpaired) electrons. The van der Waals surface area contributed by atoms with Crippen LogP contribution in [-0.4, -0.2) is 25.5 Å². The van der Waals surface area contributed by atoms with E-state index in [1.807, 2.05) is 0 Å². The third kappa shape index (κ3) is 8.33. The van der Waals surface area contributed by atoms with Gasteiger partial charge in [-0.2, -0.15) is 0 Å². The van der Waals surface area contributed by atoms with Gasteiger partial charge in [-0.15, -0.1) is 37.1 Å². The highest BCUT2D eigenvalue weighted by atomic mass is 127. The molecule has 28 heavy (non-hydrogen) atoms. The molecule has 2 aromatic rings. The van der Waals surface area contributed by atoms with Crippen molar-refractivity contribution in [3.05, 3.63) is 54.1 Å². The lowest BCUT2D eigenvalue weighted by Gasteiger charge is -2.10. The van der Waals surface area contributed by atoms with E-state index >= 15 is 0 Å². The summed E-state index contributed by atoms with van der Waals surface area (Å²) in [5, 5.41) is 5.28. The monoisotopic (exact) mass is 510 g/mol. The number of hydrogen-bond donors (Lipinski definition) is 3. The minimum Gasteiger partial charge on any atom is -0.453 e. The van der Waals surface area contributed by atoms with E-state index in [-0.39, 0.29) is 42.2 Å². The molecular formula is C17H18F3IN4O3. The van der Waals surface area contributed by atoms with Crippen LogP contribution in [0.25, 0.3) is 0 Å². The number of methoxy groups -OCH3 is 1. The Bertz CT molecular complexity index is 797. The molecule has 0 atom stereocenters. The number of carbonyl (C=O) groups excluding carboxylic acids is 1. The number of hydrogen-bond acceptors (Lipinski definition) is 4. The van der Waals surface area contributed by atoms with Crippen molar-refractivity contribution in [3.8, 4) is 5.75 Å². The fraction of sp³-hybridized carbons (Fsp3) is 0.176. The molecule has 11 heteroatoms. The number of guanidine groups is 1. The van der Waals surface area contributed by atoms with Crippen molar-refractivity contribution in [2.24, 2.45) is 10.7 Å². The quantitative estimate of drug-likeness (QED) is 0.317. The molecule has 0 heterocycles. The number of carbonyl (C=O) groups is 1. The predicted molar refractivity (Wildman–Crippen MR) is 110 cm³/mol. The summed E-state index contributed by atoms with van der Waals surface area (Å²) in [5.41, 5.74) is 7.63. The topological polar surface area (TPSA) is 98.0 Å². The van der Waals surface area contributed by atoms with Crippen molar-refractivity contribution < 1.29 is 27.4 Å². The Morgan fingerprint density at radius 2 is 1.57 bits per heavy atom. The first-order valence-corrected chi connectivity index (χ1v) is 7.62. The van der Waals surface area contributed by atoms with E-state index in [0.29, 0.717) is 11.4 Å². The molecule has 0 spiro atoms. The number of amides is 1. The lowest BCUT2D eigenvalue weighted by Crippen LogP contribution is -2.22. The Morgan fingerprint density at radius 3 is 2.11 bits per heavy atom. The molecular weight excluding hydrogens is 492 g/mol. The zero-order valence-corrected chi connectivity index (χ0v) is 16.9. The maximum absolute atomic E-state index is 12.1. The highest BCUT2D eigenvalue weighted by molar-refractivity contribution is 14.0. The van der Waals surface area contributed by atoms with E-state index < -0.39 is 12.5 Å². The fourth-order valence-corrected chi connectivity index (χ4v) is 1.97. The van der Waals surface area contributed by atoms with E-state index in [4.69, 9.17) is 5.73 Å². The van der Waals surface area contributed by atoms with Crippen molar-refractivity contribution in [2.75, 3.05) is 17.7 Å². The van der Waals surface area contributed by atoms with E-state index in [1.54, 1.807) is 24.3 Å². The van der Waals surface area contributed by atoms with Crippen LogP contribution in [0.2, 0.25) is 0 Å². The van der Waals surface area contributed by atoms with Gasteiger partial charge < -0.3 is 20.5 Å². The molecule has 0 bridgehead atoms. The zero-order chi connectivity index (χ0) is 19.9. The van der Waals surface area contributed by atoms with Gasteiger partial charge in [0.15, 0.2) is 5.96 Å². The van der Waals surface area contributed by atoms with Gasteiger partial charge in [0, 0.05) is 11.4 Å². The second-order valence-corrected chi connectivity index (χ2v) is 5.21. The smallest absolute Gasteiger partial charge is 0.453 e. The average molecular weight is 510 g/mol. The third-order valence-electron chi connectivity index (χ3n) is 3.18. The molecule has 0 saturated carbocycles. The van der Waals surface area contributed by atoms with Crippen molar-refractivity contribution >= 4 is 47.4 Å². The number of rotatable bonds is 5. The number of halogens is 4. The van der Waals surface area contributed by atoms with E-state index in [1.165, 1.54) is 19.2 Å². The SMILES string of the molecule is COC(=O)Nc1ccc(CN=C(N)Nc2ccc(OC(F)(F)F)cc2)cc1.I. The summed E-state index contributed by atoms with van der Waals surface area (Å²) in [4.78, 5) is 15.2. The lowest BCUT2D eigenvalue weighted by atomic mass is 10.2. The Hall–Kier alpha value is -2.70. The number of nitrogens with one attached hydrogen (secondary N) is 2. The molecule has 0 aliphatic rings. The molecule has 1 amide bonds. The van der Waals surface area contributed by atoms with Crippen LogP contribution in [0.3, 0.4) is 0 Å². The van der Waals surface area contributed by atoms with Gasteiger partial charge in [0.05, 0.1) is 13.7 Å². The molecule has 2 aromatic carbocycles. The largest absolute Gasteiger partial charge is 0.573 e. The van der Waals surface area contributed by atoms with E-state index in [2.05, 4.69) is 25.1 Å². The molecule has 152 valence electrons. The summed E-state index contributed by atoms with van der Waals surface area (Å²) in [6.45, 7) is 0.270. The molecule has 7 nitrogen and oxygen atoms in total. The summed E-state index contributed by atoms with van der Waals surface area (Å²) in [7, 11) is 1.27. The summed E-state index contributed by atoms with van der Waals surface area (Å²) in [6.07, 6.45) is -5.31. The highest BCUT2D eigenvalue weighted by Gasteiger charge is 2.30. The number of nitrogens with zero attached hydrogens (tertiary/aromatic N) is 1. The Labute approximate surface area is 176 Å². The lowest BCUT2D eigenvalue weighted by molar-refractivity contribution is -0.274. The van der Waals surface area contributed by atoms with Crippen LogP contribution in [0.1, 0.15) is 5.56 Å². The summed E-state index contributed by atoms with van der Waals surface area (Å²) < 4.78 is 44.6. The van der Waals surface area contributed by atoms with Crippen molar-refractivity contribution in [1.29, 1.82) is 0 Å².